The van der Waals surface area contributed by atoms with E-state index < -0.39 is 19.7 Å². The van der Waals surface area contributed by atoms with E-state index in [2.05, 4.69) is 40.5 Å². The van der Waals surface area contributed by atoms with Gasteiger partial charge in [-0.05, 0) is 38.3 Å². The number of urea groups is 1. The number of benzene rings is 1. The van der Waals surface area contributed by atoms with Crippen LogP contribution in [-0.4, -0.2) is 46.8 Å². The topological polar surface area (TPSA) is 110 Å². The van der Waals surface area contributed by atoms with Crippen molar-refractivity contribution < 1.29 is 14.7 Å². The Morgan fingerprint density at radius 2 is 1.94 bits per heavy atom. The maximum atomic E-state index is 13.3. The molecule has 2 heterocycles. The van der Waals surface area contributed by atoms with Gasteiger partial charge in [-0.15, -0.1) is 0 Å². The maximum Gasteiger partial charge on any atom is 0.319 e. The van der Waals surface area contributed by atoms with Crippen molar-refractivity contribution in [1.29, 1.82) is 0 Å². The van der Waals surface area contributed by atoms with Crippen molar-refractivity contribution in [2.75, 3.05) is 11.9 Å². The number of hydrogen-bond acceptors (Lipinski definition) is 4. The van der Waals surface area contributed by atoms with Crippen LogP contribution in [0.1, 0.15) is 56.0 Å². The number of hydrogen-bond donors (Lipinski definition) is 4. The number of aliphatic hydroxyl groups is 1. The van der Waals surface area contributed by atoms with Crippen LogP contribution in [0, 0.1) is 0 Å². The second kappa shape index (κ2) is 8.69. The number of fused-ring (bicyclic) bond motifs is 1. The van der Waals surface area contributed by atoms with Crippen molar-refractivity contribution >= 4 is 37.4 Å². The van der Waals surface area contributed by atoms with Crippen LogP contribution in [0.2, 0.25) is 29.7 Å². The van der Waals surface area contributed by atoms with Gasteiger partial charge in [0, 0.05) is 15.6 Å². The second-order valence-corrected chi connectivity index (χ2v) is 16.8. The Balaban J connectivity index is 1.53. The lowest BCUT2D eigenvalue weighted by atomic mass is 9.83. The fourth-order valence-corrected chi connectivity index (χ4v) is 8.09. The van der Waals surface area contributed by atoms with Crippen molar-refractivity contribution in [2.24, 2.45) is 0 Å². The summed E-state index contributed by atoms with van der Waals surface area (Å²) in [6, 6.07) is 6.17. The first-order chi connectivity index (χ1) is 15.9. The Bertz CT molecular complexity index is 1110. The molecule has 1 aliphatic carbocycles. The zero-order valence-corrected chi connectivity index (χ0v) is 22.2. The van der Waals surface area contributed by atoms with Crippen LogP contribution >= 0.6 is 11.6 Å². The number of amides is 3. The average molecular weight is 504 g/mol. The van der Waals surface area contributed by atoms with E-state index >= 15 is 0 Å². The van der Waals surface area contributed by atoms with Gasteiger partial charge in [0.1, 0.15) is 0 Å². The van der Waals surface area contributed by atoms with E-state index in [-0.39, 0.29) is 23.6 Å². The first kappa shape index (κ1) is 24.8. The Morgan fingerprint density at radius 3 is 2.50 bits per heavy atom. The monoisotopic (exact) mass is 503 g/mol. The Kier molecular flexibility index (Phi) is 6.33. The van der Waals surface area contributed by atoms with Crippen LogP contribution in [0.25, 0.3) is 0 Å². The molecule has 2 aliphatic rings. The predicted octanol–water partition coefficient (Wildman–Crippen LogP) is 4.76. The van der Waals surface area contributed by atoms with Crippen LogP contribution < -0.4 is 10.6 Å². The first-order valence-corrected chi connectivity index (χ1v) is 15.6. The van der Waals surface area contributed by atoms with Gasteiger partial charge < -0.3 is 20.6 Å². The van der Waals surface area contributed by atoms with Gasteiger partial charge in [0.25, 0.3) is 0 Å². The van der Waals surface area contributed by atoms with Crippen molar-refractivity contribution in [3.05, 3.63) is 46.1 Å². The highest BCUT2D eigenvalue weighted by molar-refractivity contribution is 6.83. The van der Waals surface area contributed by atoms with E-state index in [0.29, 0.717) is 22.9 Å². The van der Waals surface area contributed by atoms with E-state index in [0.717, 1.165) is 30.5 Å². The number of aromatic amines is 1. The fraction of sp³-hybridized carbons (Fsp3) is 0.542. The minimum Gasteiger partial charge on any atom is -0.394 e. The van der Waals surface area contributed by atoms with E-state index in [1.54, 1.807) is 23.1 Å². The molecule has 3 amide bonds. The standard InChI is InChI=1S/C24H34ClN5O3Si/c1-23(2)19-16(20(29-28-19)27-21(32)24(11-8-12-24)34(3,4)5)13-30(23)22(33)26-18(14-31)15-9-6-7-10-17(15)25/h6-7,9-10,18,31H,8,11-14H2,1-5H3,(H,26,33)(H2,27,28,29,32). The van der Waals surface area contributed by atoms with Crippen molar-refractivity contribution in [1.82, 2.24) is 20.4 Å². The van der Waals surface area contributed by atoms with Crippen LogP contribution in [0.3, 0.4) is 0 Å². The van der Waals surface area contributed by atoms with Crippen molar-refractivity contribution in [2.45, 2.75) is 75.9 Å². The molecule has 184 valence electrons. The molecule has 4 rings (SSSR count). The lowest BCUT2D eigenvalue weighted by molar-refractivity contribution is -0.121. The summed E-state index contributed by atoms with van der Waals surface area (Å²) >= 11 is 6.28. The molecule has 0 saturated heterocycles. The third kappa shape index (κ3) is 3.93. The molecule has 34 heavy (non-hydrogen) atoms. The molecule has 1 saturated carbocycles. The molecule has 1 aromatic heterocycles. The lowest BCUT2D eigenvalue weighted by Crippen LogP contribution is -2.52. The Morgan fingerprint density at radius 1 is 1.26 bits per heavy atom. The molecule has 8 nitrogen and oxygen atoms in total. The van der Waals surface area contributed by atoms with Gasteiger partial charge in [0.2, 0.25) is 5.91 Å². The average Bonchev–Trinajstić information content (AvgIpc) is 3.23. The Hall–Kier alpha value is -2.36. The summed E-state index contributed by atoms with van der Waals surface area (Å²) in [4.78, 5) is 28.3. The molecule has 0 spiro atoms. The number of carbonyl (C=O) groups excluding carboxylic acids is 2. The number of nitrogens with zero attached hydrogens (tertiary/aromatic N) is 2. The second-order valence-electron chi connectivity index (χ2n) is 10.9. The van der Waals surface area contributed by atoms with Gasteiger partial charge >= 0.3 is 6.03 Å². The molecule has 1 atom stereocenters. The molecule has 10 heteroatoms. The quantitative estimate of drug-likeness (QED) is 0.426. The Labute approximate surface area is 206 Å². The highest BCUT2D eigenvalue weighted by atomic mass is 35.5. The van der Waals surface area contributed by atoms with E-state index in [4.69, 9.17) is 11.6 Å². The third-order valence-corrected chi connectivity index (χ3v) is 11.7. The summed E-state index contributed by atoms with van der Waals surface area (Å²) in [6.07, 6.45) is 2.92. The van der Waals surface area contributed by atoms with Crippen LogP contribution in [0.4, 0.5) is 10.6 Å². The summed E-state index contributed by atoms with van der Waals surface area (Å²) in [5.74, 6) is 0.546. The van der Waals surface area contributed by atoms with Gasteiger partial charge in [-0.3, -0.25) is 9.89 Å². The smallest absolute Gasteiger partial charge is 0.319 e. The molecular formula is C24H34ClN5O3Si. The van der Waals surface area contributed by atoms with Gasteiger partial charge in [0.15, 0.2) is 5.82 Å². The van der Waals surface area contributed by atoms with Crippen LogP contribution in [0.15, 0.2) is 24.3 Å². The molecule has 1 aliphatic heterocycles. The van der Waals surface area contributed by atoms with Crippen LogP contribution in [-0.2, 0) is 16.9 Å². The number of carbonyl (C=O) groups is 2. The largest absolute Gasteiger partial charge is 0.394 e. The molecule has 0 radical (unpaired) electrons. The van der Waals surface area contributed by atoms with Gasteiger partial charge in [-0.2, -0.15) is 5.10 Å². The number of nitrogens with one attached hydrogen (secondary N) is 3. The highest BCUT2D eigenvalue weighted by Crippen LogP contribution is 2.56. The maximum absolute atomic E-state index is 13.3. The molecule has 2 aromatic rings. The zero-order valence-electron chi connectivity index (χ0n) is 20.5. The van der Waals surface area contributed by atoms with Crippen molar-refractivity contribution in [3.8, 4) is 0 Å². The molecule has 4 N–H and O–H groups in total. The molecule has 1 unspecified atom stereocenters. The minimum absolute atomic E-state index is 0.0481. The van der Waals surface area contributed by atoms with Crippen LogP contribution in [0.5, 0.6) is 0 Å². The molecule has 1 aromatic carbocycles. The van der Waals surface area contributed by atoms with Gasteiger partial charge in [0.05, 0.1) is 38.5 Å². The fourth-order valence-electron chi connectivity index (χ4n) is 5.23. The summed E-state index contributed by atoms with van der Waals surface area (Å²) < 4.78 is 0. The first-order valence-electron chi connectivity index (χ1n) is 11.7. The molecule has 1 fully saturated rings. The highest BCUT2D eigenvalue weighted by Gasteiger charge is 2.54. The van der Waals surface area contributed by atoms with Gasteiger partial charge in [-0.25, -0.2) is 4.79 Å². The normalized spacial score (nSPS) is 19.2. The zero-order chi connectivity index (χ0) is 24.9. The minimum atomic E-state index is -1.72. The number of H-pyrrole nitrogens is 1. The predicted molar refractivity (Wildman–Crippen MR) is 135 cm³/mol. The van der Waals surface area contributed by atoms with E-state index in [1.807, 2.05) is 19.9 Å². The molecular weight excluding hydrogens is 470 g/mol. The van der Waals surface area contributed by atoms with Gasteiger partial charge in [-0.1, -0.05) is 55.9 Å². The third-order valence-electron chi connectivity index (χ3n) is 7.79. The molecule has 0 bridgehead atoms. The summed E-state index contributed by atoms with van der Waals surface area (Å²) in [5, 5.41) is 23.6. The number of aromatic nitrogens is 2. The summed E-state index contributed by atoms with van der Waals surface area (Å²) in [5.41, 5.74) is 1.59. The number of rotatable bonds is 6. The number of anilines is 1. The van der Waals surface area contributed by atoms with E-state index in [1.165, 1.54) is 0 Å². The summed E-state index contributed by atoms with van der Waals surface area (Å²) in [6.45, 7) is 10.6. The van der Waals surface area contributed by atoms with Crippen molar-refractivity contribution in [3.63, 3.8) is 0 Å². The van der Waals surface area contributed by atoms with E-state index in [9.17, 15) is 14.7 Å². The lowest BCUT2D eigenvalue weighted by Gasteiger charge is -2.48. The number of aliphatic hydroxyl groups excluding tert-OH is 1. The summed E-state index contributed by atoms with van der Waals surface area (Å²) in [7, 11) is -1.72. The SMILES string of the molecule is CC1(C)c2[nH]nc(NC(=O)C3([Si](C)(C)C)CCC3)c2CN1C(=O)NC(CO)c1ccccc1Cl. The number of halogens is 1.